The zero-order valence-corrected chi connectivity index (χ0v) is 13.6. The normalized spacial score (nSPS) is 14.8. The fourth-order valence-corrected chi connectivity index (χ4v) is 2.42. The molecule has 1 heterocycles. The first-order chi connectivity index (χ1) is 12.0. The molecule has 0 fully saturated rings. The second-order valence-electron chi connectivity index (χ2n) is 4.82. The van der Waals surface area contributed by atoms with Gasteiger partial charge in [-0.2, -0.15) is 0 Å². The lowest BCUT2D eigenvalue weighted by molar-refractivity contribution is -0.384. The minimum absolute atomic E-state index is 0.0134. The Morgan fingerprint density at radius 1 is 1.28 bits per heavy atom. The first-order valence-electron chi connectivity index (χ1n) is 7.05. The van der Waals surface area contributed by atoms with Crippen molar-refractivity contribution < 1.29 is 23.2 Å². The second kappa shape index (κ2) is 9.00. The summed E-state index contributed by atoms with van der Waals surface area (Å²) in [6.07, 6.45) is -0.482. The minimum Gasteiger partial charge on any atom is -0.760 e. The van der Waals surface area contributed by atoms with E-state index in [0.717, 1.165) is 4.31 Å². The number of hydrogen-bond donors (Lipinski definition) is 0. The highest BCUT2D eigenvalue weighted by Crippen LogP contribution is 2.18. The summed E-state index contributed by atoms with van der Waals surface area (Å²) in [5, 5.41) is 24.3. The Balaban J connectivity index is 1.76. The first-order valence-corrected chi connectivity index (χ1v) is 8.08. The van der Waals surface area contributed by atoms with Crippen LogP contribution in [0, 0.1) is 10.1 Å². The van der Waals surface area contributed by atoms with Gasteiger partial charge < -0.3 is 9.29 Å². The number of ether oxygens (including phenoxy) is 1. The van der Waals surface area contributed by atoms with Gasteiger partial charge in [-0.1, -0.05) is 0 Å². The number of non-ortho nitro benzene ring substituents is 1. The second-order valence-corrected chi connectivity index (χ2v) is 5.77. The van der Waals surface area contributed by atoms with Crippen LogP contribution in [0.4, 0.5) is 5.69 Å². The van der Waals surface area contributed by atoms with Gasteiger partial charge in [0.05, 0.1) is 11.5 Å². The Bertz CT molecular complexity index is 697. The van der Waals surface area contributed by atoms with Crippen LogP contribution >= 0.6 is 0 Å². The molecule has 1 aromatic rings. The number of nitrogens with zero attached hydrogens (tertiary/aromatic N) is 6. The van der Waals surface area contributed by atoms with Crippen LogP contribution in [0.2, 0.25) is 0 Å². The predicted octanol–water partition coefficient (Wildman–Crippen LogP) is 1.54. The van der Waals surface area contributed by atoms with Gasteiger partial charge in [0.1, 0.15) is 5.75 Å². The third kappa shape index (κ3) is 6.06. The number of hydrogen-bond acceptors (Lipinski definition) is 10. The Labute approximate surface area is 144 Å². The molecule has 0 N–H and O–H groups in total. The predicted molar refractivity (Wildman–Crippen MR) is 82.0 cm³/mol. The zero-order valence-electron chi connectivity index (χ0n) is 12.8. The molecule has 1 atom stereocenters. The number of rotatable bonds is 9. The number of carbonyl (C=O) groups is 1. The Morgan fingerprint density at radius 3 is 2.48 bits per heavy atom. The lowest BCUT2D eigenvalue weighted by atomic mass is 10.3. The quantitative estimate of drug-likeness (QED) is 0.211. The molecule has 0 radical (unpaired) electrons. The Kier molecular flexibility index (Phi) is 6.73. The molecule has 0 spiro atoms. The summed E-state index contributed by atoms with van der Waals surface area (Å²) in [5.74, 6) is -0.405. The SMILES string of the molecule is O=C(CCCN(CC1N=NN=N1)S(=O)[O-])Oc1ccc([N+](=O)[O-])cc1. The molecular weight excluding hydrogens is 356 g/mol. The first kappa shape index (κ1) is 18.7. The molecule has 0 saturated carbocycles. The van der Waals surface area contributed by atoms with Crippen molar-refractivity contribution in [2.45, 2.75) is 19.0 Å². The van der Waals surface area contributed by atoms with E-state index in [9.17, 15) is 23.7 Å². The smallest absolute Gasteiger partial charge is 0.311 e. The van der Waals surface area contributed by atoms with Crippen molar-refractivity contribution in [3.05, 3.63) is 34.4 Å². The molecule has 0 aliphatic carbocycles. The molecule has 0 amide bonds. The summed E-state index contributed by atoms with van der Waals surface area (Å²) in [5.41, 5.74) is -0.116. The van der Waals surface area contributed by atoms with Crippen molar-refractivity contribution in [2.24, 2.45) is 20.7 Å². The highest BCUT2D eigenvalue weighted by molar-refractivity contribution is 7.76. The summed E-state index contributed by atoms with van der Waals surface area (Å²) in [6, 6.07) is 5.06. The summed E-state index contributed by atoms with van der Waals surface area (Å²) >= 11 is -2.50. The standard InChI is InChI=1S/C12H14N6O6S/c19-12(24-10-5-3-9(4-6-10)18(20)21)2-1-7-17(25(22)23)8-11-13-15-16-14-11/h3-6,11H,1-2,7-8H2,(H,22,23)/p-1. The van der Waals surface area contributed by atoms with Crippen LogP contribution in [0.3, 0.4) is 0 Å². The molecule has 12 nitrogen and oxygen atoms in total. The van der Waals surface area contributed by atoms with Gasteiger partial charge in [-0.3, -0.25) is 19.1 Å². The van der Waals surface area contributed by atoms with Crippen LogP contribution in [-0.2, 0) is 16.1 Å². The van der Waals surface area contributed by atoms with E-state index in [-0.39, 0.29) is 37.4 Å². The monoisotopic (exact) mass is 369 g/mol. The average Bonchev–Trinajstić information content (AvgIpc) is 3.07. The Morgan fingerprint density at radius 2 is 1.92 bits per heavy atom. The number of nitro benzene ring substituents is 1. The third-order valence-corrected chi connectivity index (χ3v) is 3.81. The molecular formula is C12H13N6O6S-. The molecule has 1 unspecified atom stereocenters. The zero-order chi connectivity index (χ0) is 18.2. The molecule has 1 aliphatic heterocycles. The maximum Gasteiger partial charge on any atom is 0.311 e. The molecule has 0 saturated heterocycles. The van der Waals surface area contributed by atoms with Gasteiger partial charge >= 0.3 is 5.97 Å². The van der Waals surface area contributed by atoms with E-state index in [1.165, 1.54) is 24.3 Å². The summed E-state index contributed by atoms with van der Waals surface area (Å²) in [4.78, 5) is 21.7. The van der Waals surface area contributed by atoms with Crippen LogP contribution in [0.5, 0.6) is 5.75 Å². The van der Waals surface area contributed by atoms with Crippen molar-refractivity contribution in [3.63, 3.8) is 0 Å². The third-order valence-electron chi connectivity index (χ3n) is 3.06. The molecule has 1 aromatic carbocycles. The molecule has 0 aromatic heterocycles. The number of carbonyl (C=O) groups excluding carboxylic acids is 1. The molecule has 25 heavy (non-hydrogen) atoms. The van der Waals surface area contributed by atoms with Crippen molar-refractivity contribution in [3.8, 4) is 5.75 Å². The van der Waals surface area contributed by atoms with E-state index in [2.05, 4.69) is 20.7 Å². The van der Waals surface area contributed by atoms with E-state index in [0.29, 0.717) is 0 Å². The maximum atomic E-state index is 11.7. The van der Waals surface area contributed by atoms with Crippen molar-refractivity contribution >= 4 is 22.9 Å². The molecule has 1 aliphatic rings. The van der Waals surface area contributed by atoms with E-state index >= 15 is 0 Å². The minimum atomic E-state index is -2.50. The summed E-state index contributed by atoms with van der Waals surface area (Å²) in [7, 11) is 0. The van der Waals surface area contributed by atoms with E-state index in [1.807, 2.05) is 0 Å². The topological polar surface area (TPSA) is 162 Å². The molecule has 2 rings (SSSR count). The lowest BCUT2D eigenvalue weighted by Crippen LogP contribution is -2.33. The van der Waals surface area contributed by atoms with Gasteiger partial charge in [0.15, 0.2) is 6.17 Å². The van der Waals surface area contributed by atoms with E-state index in [4.69, 9.17) is 4.74 Å². The van der Waals surface area contributed by atoms with E-state index in [1.54, 1.807) is 0 Å². The number of nitro groups is 1. The maximum absolute atomic E-state index is 11.7. The fourth-order valence-electron chi connectivity index (χ4n) is 1.89. The highest BCUT2D eigenvalue weighted by atomic mass is 32.2. The van der Waals surface area contributed by atoms with Gasteiger partial charge in [0.25, 0.3) is 5.69 Å². The van der Waals surface area contributed by atoms with Crippen molar-refractivity contribution in [1.82, 2.24) is 4.31 Å². The fraction of sp³-hybridized carbons (Fsp3) is 0.417. The Hall–Kier alpha value is -2.64. The van der Waals surface area contributed by atoms with Crippen LogP contribution in [-0.4, -0.2) is 43.2 Å². The van der Waals surface area contributed by atoms with Gasteiger partial charge in [-0.15, -0.1) is 10.2 Å². The van der Waals surface area contributed by atoms with Crippen LogP contribution in [0.15, 0.2) is 44.9 Å². The summed E-state index contributed by atoms with van der Waals surface area (Å²) in [6.45, 7) is 0.0630. The molecule has 134 valence electrons. The van der Waals surface area contributed by atoms with Gasteiger partial charge in [0.2, 0.25) is 0 Å². The largest absolute Gasteiger partial charge is 0.760 e. The van der Waals surface area contributed by atoms with Gasteiger partial charge in [-0.25, -0.2) is 4.31 Å². The number of benzene rings is 1. The van der Waals surface area contributed by atoms with Crippen molar-refractivity contribution in [1.29, 1.82) is 0 Å². The van der Waals surface area contributed by atoms with Crippen LogP contribution in [0.1, 0.15) is 12.8 Å². The van der Waals surface area contributed by atoms with E-state index < -0.39 is 28.3 Å². The van der Waals surface area contributed by atoms with Crippen molar-refractivity contribution in [2.75, 3.05) is 13.1 Å². The van der Waals surface area contributed by atoms with Gasteiger partial charge in [-0.05, 0) is 29.0 Å². The van der Waals surface area contributed by atoms with Crippen LogP contribution in [0.25, 0.3) is 0 Å². The average molecular weight is 369 g/mol. The number of esters is 1. The summed E-state index contributed by atoms with van der Waals surface area (Å²) < 4.78 is 28.4. The highest BCUT2D eigenvalue weighted by Gasteiger charge is 2.17. The lowest BCUT2D eigenvalue weighted by Gasteiger charge is -2.24. The van der Waals surface area contributed by atoms with Crippen LogP contribution < -0.4 is 4.74 Å². The van der Waals surface area contributed by atoms with Gasteiger partial charge in [0, 0.05) is 36.4 Å². The molecule has 0 bridgehead atoms. The molecule has 13 heteroatoms.